The predicted molar refractivity (Wildman–Crippen MR) is 69.8 cm³/mol. The van der Waals surface area contributed by atoms with Crippen molar-refractivity contribution in [1.29, 1.82) is 0 Å². The van der Waals surface area contributed by atoms with Crippen LogP contribution in [0.5, 0.6) is 0 Å². The van der Waals surface area contributed by atoms with E-state index in [1.54, 1.807) is 0 Å². The third-order valence-electron chi connectivity index (χ3n) is 2.78. The van der Waals surface area contributed by atoms with Gasteiger partial charge in [0.2, 0.25) is 0 Å². The molecule has 2 aromatic rings. The van der Waals surface area contributed by atoms with Gasteiger partial charge in [0, 0.05) is 18.0 Å². The van der Waals surface area contributed by atoms with E-state index in [9.17, 15) is 8.78 Å². The van der Waals surface area contributed by atoms with Crippen molar-refractivity contribution in [3.05, 3.63) is 35.4 Å². The zero-order valence-electron chi connectivity index (χ0n) is 10.6. The van der Waals surface area contributed by atoms with E-state index < -0.39 is 11.6 Å². The first kappa shape index (κ1) is 12.7. The fourth-order valence-corrected chi connectivity index (χ4v) is 2.03. The summed E-state index contributed by atoms with van der Waals surface area (Å²) in [5, 5.41) is 3.64. The molecule has 0 aliphatic rings. The third-order valence-corrected chi connectivity index (χ3v) is 2.78. The van der Waals surface area contributed by atoms with Crippen molar-refractivity contribution >= 4 is 16.7 Å². The Morgan fingerprint density at radius 2 is 1.94 bits per heavy atom. The summed E-state index contributed by atoms with van der Waals surface area (Å²) in [7, 11) is 0. The molecule has 0 atom stereocenters. The van der Waals surface area contributed by atoms with Crippen LogP contribution in [0, 0.1) is 11.6 Å². The van der Waals surface area contributed by atoms with Gasteiger partial charge in [0.1, 0.15) is 17.2 Å². The molecular weight excluding hydrogens is 234 g/mol. The second kappa shape index (κ2) is 5.29. The standard InChI is InChI=1S/C14H16F2N2/c1-3-5-9-6-10-7-11(15)8-12(16)13(10)18-14(9)17-4-2/h6-8H,3-5H2,1-2H3,(H,17,18). The molecule has 0 bridgehead atoms. The average Bonchev–Trinajstić information content (AvgIpc) is 2.31. The number of nitrogens with one attached hydrogen (secondary N) is 1. The summed E-state index contributed by atoms with van der Waals surface area (Å²) in [6.07, 6.45) is 1.80. The summed E-state index contributed by atoms with van der Waals surface area (Å²) in [6, 6.07) is 4.00. The first-order valence-corrected chi connectivity index (χ1v) is 6.18. The highest BCUT2D eigenvalue weighted by Gasteiger charge is 2.10. The van der Waals surface area contributed by atoms with E-state index >= 15 is 0 Å². The van der Waals surface area contributed by atoms with Crippen LogP contribution < -0.4 is 5.32 Å². The van der Waals surface area contributed by atoms with Crippen molar-refractivity contribution in [2.24, 2.45) is 0 Å². The molecule has 4 heteroatoms. The van der Waals surface area contributed by atoms with Gasteiger partial charge in [-0.2, -0.15) is 0 Å². The maximum atomic E-state index is 13.7. The van der Waals surface area contributed by atoms with Crippen LogP contribution >= 0.6 is 0 Å². The zero-order valence-corrected chi connectivity index (χ0v) is 10.6. The van der Waals surface area contributed by atoms with Gasteiger partial charge in [0.15, 0.2) is 5.82 Å². The van der Waals surface area contributed by atoms with Crippen molar-refractivity contribution in [3.8, 4) is 0 Å². The van der Waals surface area contributed by atoms with Crippen molar-refractivity contribution in [3.63, 3.8) is 0 Å². The summed E-state index contributed by atoms with van der Waals surface area (Å²) in [5.74, 6) is -0.495. The molecule has 96 valence electrons. The number of hydrogen-bond acceptors (Lipinski definition) is 2. The maximum absolute atomic E-state index is 13.7. The molecule has 0 unspecified atom stereocenters. The number of fused-ring (bicyclic) bond motifs is 1. The second-order valence-corrected chi connectivity index (χ2v) is 4.24. The lowest BCUT2D eigenvalue weighted by atomic mass is 10.1. The number of pyridine rings is 1. The molecule has 0 spiro atoms. The summed E-state index contributed by atoms with van der Waals surface area (Å²) in [6.45, 7) is 4.74. The molecule has 0 radical (unpaired) electrons. The van der Waals surface area contributed by atoms with Gasteiger partial charge in [0.05, 0.1) is 0 Å². The van der Waals surface area contributed by atoms with Gasteiger partial charge >= 0.3 is 0 Å². The van der Waals surface area contributed by atoms with Crippen LogP contribution in [-0.4, -0.2) is 11.5 Å². The molecule has 1 N–H and O–H groups in total. The van der Waals surface area contributed by atoms with Crippen LogP contribution in [0.15, 0.2) is 18.2 Å². The number of anilines is 1. The minimum absolute atomic E-state index is 0.215. The third kappa shape index (κ3) is 2.42. The number of aryl methyl sites for hydroxylation is 1. The quantitative estimate of drug-likeness (QED) is 0.890. The number of benzene rings is 1. The topological polar surface area (TPSA) is 24.9 Å². The van der Waals surface area contributed by atoms with Gasteiger partial charge in [-0.25, -0.2) is 13.8 Å². The minimum Gasteiger partial charge on any atom is -0.370 e. The van der Waals surface area contributed by atoms with E-state index in [2.05, 4.69) is 17.2 Å². The van der Waals surface area contributed by atoms with Gasteiger partial charge in [-0.3, -0.25) is 0 Å². The van der Waals surface area contributed by atoms with E-state index in [0.717, 1.165) is 31.0 Å². The highest BCUT2D eigenvalue weighted by molar-refractivity contribution is 5.82. The largest absolute Gasteiger partial charge is 0.370 e. The van der Waals surface area contributed by atoms with Gasteiger partial charge in [-0.05, 0) is 31.0 Å². The first-order chi connectivity index (χ1) is 8.65. The zero-order chi connectivity index (χ0) is 13.1. The SMILES string of the molecule is CCCc1cc2cc(F)cc(F)c2nc1NCC. The van der Waals surface area contributed by atoms with Gasteiger partial charge in [-0.1, -0.05) is 13.3 Å². The van der Waals surface area contributed by atoms with E-state index in [4.69, 9.17) is 0 Å². The average molecular weight is 250 g/mol. The smallest absolute Gasteiger partial charge is 0.152 e. The van der Waals surface area contributed by atoms with E-state index in [1.807, 2.05) is 13.0 Å². The number of hydrogen-bond donors (Lipinski definition) is 1. The number of nitrogens with zero attached hydrogens (tertiary/aromatic N) is 1. The van der Waals surface area contributed by atoms with Crippen LogP contribution in [-0.2, 0) is 6.42 Å². The summed E-state index contributed by atoms with van der Waals surface area (Å²) >= 11 is 0. The fourth-order valence-electron chi connectivity index (χ4n) is 2.03. The molecule has 2 nitrogen and oxygen atoms in total. The first-order valence-electron chi connectivity index (χ1n) is 6.18. The lowest BCUT2D eigenvalue weighted by Crippen LogP contribution is -2.04. The predicted octanol–water partition coefficient (Wildman–Crippen LogP) is 3.90. The van der Waals surface area contributed by atoms with Crippen LogP contribution in [0.4, 0.5) is 14.6 Å². The van der Waals surface area contributed by atoms with Crippen LogP contribution in [0.25, 0.3) is 10.9 Å². The Balaban J connectivity index is 2.63. The van der Waals surface area contributed by atoms with Crippen LogP contribution in [0.2, 0.25) is 0 Å². The number of aromatic nitrogens is 1. The molecule has 0 fully saturated rings. The molecular formula is C14H16F2N2. The Morgan fingerprint density at radius 1 is 1.17 bits per heavy atom. The van der Waals surface area contributed by atoms with Gasteiger partial charge < -0.3 is 5.32 Å². The summed E-state index contributed by atoms with van der Waals surface area (Å²) < 4.78 is 26.8. The second-order valence-electron chi connectivity index (χ2n) is 4.24. The molecule has 1 aromatic carbocycles. The fraction of sp³-hybridized carbons (Fsp3) is 0.357. The summed E-state index contributed by atoms with van der Waals surface area (Å²) in [4.78, 5) is 4.27. The Hall–Kier alpha value is -1.71. The lowest BCUT2D eigenvalue weighted by molar-refractivity contribution is 0.590. The highest BCUT2D eigenvalue weighted by atomic mass is 19.1. The Bertz CT molecular complexity index is 567. The molecule has 1 heterocycles. The Morgan fingerprint density at radius 3 is 2.61 bits per heavy atom. The Kier molecular flexibility index (Phi) is 3.75. The minimum atomic E-state index is -0.618. The van der Waals surface area contributed by atoms with E-state index in [0.29, 0.717) is 11.2 Å². The highest BCUT2D eigenvalue weighted by Crippen LogP contribution is 2.24. The maximum Gasteiger partial charge on any atom is 0.152 e. The molecule has 0 amide bonds. The number of rotatable bonds is 4. The van der Waals surface area contributed by atoms with Gasteiger partial charge in [0.25, 0.3) is 0 Å². The summed E-state index contributed by atoms with van der Waals surface area (Å²) in [5.41, 5.74) is 1.21. The van der Waals surface area contributed by atoms with Crippen molar-refractivity contribution in [2.45, 2.75) is 26.7 Å². The lowest BCUT2D eigenvalue weighted by Gasteiger charge is -2.11. The van der Waals surface area contributed by atoms with E-state index in [-0.39, 0.29) is 5.52 Å². The molecule has 0 aliphatic heterocycles. The van der Waals surface area contributed by atoms with Gasteiger partial charge in [-0.15, -0.1) is 0 Å². The molecule has 0 saturated heterocycles. The molecule has 0 saturated carbocycles. The van der Waals surface area contributed by atoms with Crippen molar-refractivity contribution in [2.75, 3.05) is 11.9 Å². The molecule has 18 heavy (non-hydrogen) atoms. The van der Waals surface area contributed by atoms with Crippen LogP contribution in [0.3, 0.4) is 0 Å². The van der Waals surface area contributed by atoms with Crippen LogP contribution in [0.1, 0.15) is 25.8 Å². The van der Waals surface area contributed by atoms with Crippen molar-refractivity contribution < 1.29 is 8.78 Å². The Labute approximate surface area is 105 Å². The molecule has 1 aromatic heterocycles. The number of halogens is 2. The van der Waals surface area contributed by atoms with Crippen molar-refractivity contribution in [1.82, 2.24) is 4.98 Å². The van der Waals surface area contributed by atoms with E-state index in [1.165, 1.54) is 6.07 Å². The molecule has 0 aliphatic carbocycles. The molecule has 2 rings (SSSR count). The monoisotopic (exact) mass is 250 g/mol. The normalized spacial score (nSPS) is 10.9.